The van der Waals surface area contributed by atoms with Crippen LogP contribution in [0.15, 0.2) is 0 Å². The highest BCUT2D eigenvalue weighted by molar-refractivity contribution is 5.81. The van der Waals surface area contributed by atoms with Gasteiger partial charge in [0.2, 0.25) is 5.91 Å². The molecule has 1 fully saturated rings. The molecule has 0 saturated carbocycles. The van der Waals surface area contributed by atoms with E-state index in [1.807, 2.05) is 6.92 Å². The number of carbonyl (C=O) groups is 1. The molecule has 0 spiro atoms. The first-order valence-electron chi connectivity index (χ1n) is 6.32. The maximum Gasteiger partial charge on any atom is 0.237 e. The third-order valence-electron chi connectivity index (χ3n) is 3.49. The van der Waals surface area contributed by atoms with Gasteiger partial charge >= 0.3 is 0 Å². The molecule has 1 saturated heterocycles. The molecule has 100 valence electrons. The lowest BCUT2D eigenvalue weighted by Gasteiger charge is -2.49. The van der Waals surface area contributed by atoms with Gasteiger partial charge in [0.1, 0.15) is 0 Å². The van der Waals surface area contributed by atoms with E-state index < -0.39 is 0 Å². The summed E-state index contributed by atoms with van der Waals surface area (Å²) in [5.41, 5.74) is 6.00. The number of nitrogens with zero attached hydrogens (tertiary/aromatic N) is 1. The van der Waals surface area contributed by atoms with E-state index in [2.05, 4.69) is 17.1 Å². The Morgan fingerprint density at radius 1 is 1.59 bits per heavy atom. The molecular formula is C12H25N3O2. The average molecular weight is 243 g/mol. The molecule has 0 aromatic rings. The largest absolute Gasteiger partial charge is 0.385 e. The first-order valence-corrected chi connectivity index (χ1v) is 6.32. The van der Waals surface area contributed by atoms with Crippen LogP contribution < -0.4 is 11.1 Å². The van der Waals surface area contributed by atoms with Crippen LogP contribution in [-0.4, -0.2) is 55.7 Å². The van der Waals surface area contributed by atoms with Gasteiger partial charge in [0.05, 0.1) is 6.04 Å². The second-order valence-corrected chi connectivity index (χ2v) is 4.93. The Kier molecular flexibility index (Phi) is 5.36. The van der Waals surface area contributed by atoms with Crippen LogP contribution in [0.2, 0.25) is 0 Å². The Bertz CT molecular complexity index is 252. The van der Waals surface area contributed by atoms with Gasteiger partial charge in [-0.15, -0.1) is 0 Å². The second-order valence-electron chi connectivity index (χ2n) is 4.93. The molecule has 0 aromatic carbocycles. The van der Waals surface area contributed by atoms with Crippen LogP contribution in [0.3, 0.4) is 0 Å². The van der Waals surface area contributed by atoms with Gasteiger partial charge in [-0.3, -0.25) is 9.69 Å². The summed E-state index contributed by atoms with van der Waals surface area (Å²) in [6, 6.07) is -0.0826. The molecule has 1 rings (SSSR count). The molecule has 1 unspecified atom stereocenters. The molecule has 1 aliphatic rings. The standard InChI is InChI=1S/C12H25N3O2/c1-4-12(13)8-15(9-12)10(2)11(16)14-6-5-7-17-3/h10H,4-9,13H2,1-3H3,(H,14,16). The SMILES string of the molecule is CCC1(N)CN(C(C)C(=O)NCCCOC)C1. The number of rotatable bonds is 7. The van der Waals surface area contributed by atoms with E-state index in [-0.39, 0.29) is 17.5 Å². The predicted octanol–water partition coefficient (Wildman–Crippen LogP) is -0.0493. The van der Waals surface area contributed by atoms with Crippen LogP contribution >= 0.6 is 0 Å². The Balaban J connectivity index is 2.20. The van der Waals surface area contributed by atoms with Crippen molar-refractivity contribution < 1.29 is 9.53 Å². The van der Waals surface area contributed by atoms with Crippen molar-refractivity contribution in [3.05, 3.63) is 0 Å². The zero-order chi connectivity index (χ0) is 12.9. The fourth-order valence-corrected chi connectivity index (χ4v) is 2.00. The number of nitrogens with two attached hydrogens (primary N) is 1. The van der Waals surface area contributed by atoms with Gasteiger partial charge in [-0.1, -0.05) is 6.92 Å². The molecule has 1 amide bonds. The van der Waals surface area contributed by atoms with Crippen LogP contribution in [0.1, 0.15) is 26.7 Å². The minimum absolute atomic E-state index is 0.0788. The Hall–Kier alpha value is -0.650. The molecule has 0 radical (unpaired) electrons. The highest BCUT2D eigenvalue weighted by atomic mass is 16.5. The summed E-state index contributed by atoms with van der Waals surface area (Å²) in [6.45, 7) is 7.01. The minimum atomic E-state index is -0.0826. The van der Waals surface area contributed by atoms with E-state index in [1.54, 1.807) is 7.11 Å². The Labute approximate surface area is 104 Å². The predicted molar refractivity (Wildman–Crippen MR) is 67.7 cm³/mol. The highest BCUT2D eigenvalue weighted by Crippen LogP contribution is 2.23. The number of nitrogens with one attached hydrogen (secondary N) is 1. The van der Waals surface area contributed by atoms with Gasteiger partial charge in [0, 0.05) is 38.9 Å². The number of methoxy groups -OCH3 is 1. The summed E-state index contributed by atoms with van der Waals surface area (Å²) in [5, 5.41) is 2.91. The zero-order valence-corrected chi connectivity index (χ0v) is 11.2. The van der Waals surface area contributed by atoms with E-state index in [4.69, 9.17) is 10.5 Å². The molecule has 0 aliphatic carbocycles. The topological polar surface area (TPSA) is 67.6 Å². The van der Waals surface area contributed by atoms with Gasteiger partial charge in [-0.2, -0.15) is 0 Å². The van der Waals surface area contributed by atoms with Crippen LogP contribution in [0, 0.1) is 0 Å². The van der Waals surface area contributed by atoms with Crippen molar-refractivity contribution in [2.24, 2.45) is 5.73 Å². The third-order valence-corrected chi connectivity index (χ3v) is 3.49. The van der Waals surface area contributed by atoms with Crippen molar-refractivity contribution in [1.82, 2.24) is 10.2 Å². The summed E-state index contributed by atoms with van der Waals surface area (Å²) < 4.78 is 4.93. The second kappa shape index (κ2) is 6.33. The highest BCUT2D eigenvalue weighted by Gasteiger charge is 2.41. The fraction of sp³-hybridized carbons (Fsp3) is 0.917. The summed E-state index contributed by atoms with van der Waals surface area (Å²) in [6.07, 6.45) is 1.82. The average Bonchev–Trinajstić information content (AvgIpc) is 2.29. The van der Waals surface area contributed by atoms with E-state index in [0.717, 1.165) is 25.9 Å². The lowest BCUT2D eigenvalue weighted by molar-refractivity contribution is -0.129. The normalized spacial score (nSPS) is 20.7. The summed E-state index contributed by atoms with van der Waals surface area (Å²) in [5.74, 6) is 0.0826. The third kappa shape index (κ3) is 3.94. The van der Waals surface area contributed by atoms with Crippen LogP contribution in [-0.2, 0) is 9.53 Å². The molecule has 1 aliphatic heterocycles. The van der Waals surface area contributed by atoms with E-state index >= 15 is 0 Å². The van der Waals surface area contributed by atoms with E-state index in [0.29, 0.717) is 13.2 Å². The summed E-state index contributed by atoms with van der Waals surface area (Å²) >= 11 is 0. The zero-order valence-electron chi connectivity index (χ0n) is 11.2. The molecule has 5 nitrogen and oxygen atoms in total. The van der Waals surface area contributed by atoms with Crippen LogP contribution in [0.4, 0.5) is 0 Å². The number of carbonyl (C=O) groups excluding carboxylic acids is 1. The van der Waals surface area contributed by atoms with Gasteiger partial charge in [-0.25, -0.2) is 0 Å². The van der Waals surface area contributed by atoms with Crippen LogP contribution in [0.25, 0.3) is 0 Å². The number of likely N-dealkylation sites (tertiary alicyclic amines) is 1. The van der Waals surface area contributed by atoms with Gasteiger partial charge in [0.15, 0.2) is 0 Å². The van der Waals surface area contributed by atoms with Crippen molar-refractivity contribution in [2.75, 3.05) is 33.4 Å². The maximum absolute atomic E-state index is 11.8. The lowest BCUT2D eigenvalue weighted by atomic mass is 9.87. The molecule has 17 heavy (non-hydrogen) atoms. The number of hydrogen-bond donors (Lipinski definition) is 2. The summed E-state index contributed by atoms with van der Waals surface area (Å²) in [7, 11) is 1.66. The van der Waals surface area contributed by atoms with E-state index in [1.165, 1.54) is 0 Å². The van der Waals surface area contributed by atoms with Gasteiger partial charge < -0.3 is 15.8 Å². The Morgan fingerprint density at radius 2 is 2.24 bits per heavy atom. The van der Waals surface area contributed by atoms with Gasteiger partial charge in [-0.05, 0) is 19.8 Å². The van der Waals surface area contributed by atoms with Crippen molar-refractivity contribution in [2.45, 2.75) is 38.3 Å². The number of amides is 1. The number of hydrogen-bond acceptors (Lipinski definition) is 4. The van der Waals surface area contributed by atoms with E-state index in [9.17, 15) is 4.79 Å². The first kappa shape index (κ1) is 14.4. The van der Waals surface area contributed by atoms with Crippen molar-refractivity contribution >= 4 is 5.91 Å². The molecule has 5 heteroatoms. The molecule has 0 aromatic heterocycles. The molecule has 1 atom stereocenters. The minimum Gasteiger partial charge on any atom is -0.385 e. The molecule has 1 heterocycles. The van der Waals surface area contributed by atoms with Crippen molar-refractivity contribution in [3.63, 3.8) is 0 Å². The Morgan fingerprint density at radius 3 is 2.76 bits per heavy atom. The van der Waals surface area contributed by atoms with Crippen molar-refractivity contribution in [1.29, 1.82) is 0 Å². The summed E-state index contributed by atoms with van der Waals surface area (Å²) in [4.78, 5) is 13.9. The molecular weight excluding hydrogens is 218 g/mol. The van der Waals surface area contributed by atoms with Crippen LogP contribution in [0.5, 0.6) is 0 Å². The maximum atomic E-state index is 11.8. The molecule has 0 bridgehead atoms. The van der Waals surface area contributed by atoms with Crippen molar-refractivity contribution in [3.8, 4) is 0 Å². The fourth-order valence-electron chi connectivity index (χ4n) is 2.00. The van der Waals surface area contributed by atoms with Gasteiger partial charge in [0.25, 0.3) is 0 Å². The smallest absolute Gasteiger partial charge is 0.237 e. The monoisotopic (exact) mass is 243 g/mol. The first-order chi connectivity index (χ1) is 8.02. The lowest BCUT2D eigenvalue weighted by Crippen LogP contribution is -2.70. The quantitative estimate of drug-likeness (QED) is 0.615. The molecule has 3 N–H and O–H groups in total. The number of ether oxygens (including phenoxy) is 1.